The minimum Gasteiger partial charge on any atom is -1.00 e. The van der Waals surface area contributed by atoms with E-state index in [0.717, 1.165) is 35.2 Å². The number of halogens is 1. The zero-order chi connectivity index (χ0) is 19.9. The molecule has 2 heterocycles. The normalized spacial score (nSPS) is 10.3. The molecule has 30 heavy (non-hydrogen) atoms. The first kappa shape index (κ1) is 26.6. The van der Waals surface area contributed by atoms with Crippen molar-refractivity contribution in [3.05, 3.63) is 61.2 Å². The van der Waals surface area contributed by atoms with E-state index >= 15 is 0 Å². The van der Waals surface area contributed by atoms with Crippen LogP contribution >= 0.6 is 0 Å². The molecule has 0 radical (unpaired) electrons. The molecule has 166 valence electrons. The van der Waals surface area contributed by atoms with Crippen LogP contribution in [0.15, 0.2) is 36.4 Å². The second-order valence-electron chi connectivity index (χ2n) is 6.25. The summed E-state index contributed by atoms with van der Waals surface area (Å²) in [7, 11) is 0. The Morgan fingerprint density at radius 2 is 1.20 bits per heavy atom. The van der Waals surface area contributed by atoms with Gasteiger partial charge in [0, 0.05) is 0 Å². The summed E-state index contributed by atoms with van der Waals surface area (Å²) in [6.07, 6.45) is 6.36. The van der Waals surface area contributed by atoms with Crippen molar-refractivity contribution in [1.82, 2.24) is 9.13 Å². The van der Waals surface area contributed by atoms with Gasteiger partial charge >= 0.3 is 22.4 Å². The Morgan fingerprint density at radius 3 is 1.53 bits per heavy atom. The van der Waals surface area contributed by atoms with E-state index in [9.17, 15) is 0 Å². The van der Waals surface area contributed by atoms with E-state index in [0.29, 0.717) is 13.1 Å². The fourth-order valence-corrected chi connectivity index (χ4v) is 3.20. The molecular weight excluding hydrogens is 629 g/mol. The molecule has 2 aromatic carbocycles. The Bertz CT molecular complexity index is 964. The summed E-state index contributed by atoms with van der Waals surface area (Å²) >= 11 is 0. The molecule has 0 saturated heterocycles. The van der Waals surface area contributed by atoms with Gasteiger partial charge in [-0.15, -0.1) is 12.1 Å². The van der Waals surface area contributed by atoms with Crippen molar-refractivity contribution in [3.8, 4) is 0 Å². The van der Waals surface area contributed by atoms with E-state index < -0.39 is 0 Å². The number of imidazole rings is 2. The fourth-order valence-electron chi connectivity index (χ4n) is 3.20. The molecule has 0 aliphatic heterocycles. The van der Waals surface area contributed by atoms with E-state index in [2.05, 4.69) is 38.6 Å². The smallest absolute Gasteiger partial charge is 1.00 e. The standard InChI is InChI=1S/2C11H13N2O.Au.BrH/c2*1-2-12-9-13(7-8-14)11-6-4-3-5-10(11)12;;/h2*3-4,6,14H,2,7-8H2,1H3;;1H/q2*-1;+1;/p-1. The monoisotopic (exact) mass is 654 g/mol. The van der Waals surface area contributed by atoms with Gasteiger partial charge in [0.05, 0.1) is 39.4 Å². The van der Waals surface area contributed by atoms with Crippen molar-refractivity contribution < 1.29 is 58.7 Å². The summed E-state index contributed by atoms with van der Waals surface area (Å²) in [5.74, 6) is 0. The maximum atomic E-state index is 8.90. The van der Waals surface area contributed by atoms with Crippen LogP contribution in [0.5, 0.6) is 0 Å². The van der Waals surface area contributed by atoms with Crippen molar-refractivity contribution in [2.45, 2.75) is 40.0 Å². The minimum absolute atomic E-state index is 0. The van der Waals surface area contributed by atoms with Gasteiger partial charge in [-0.2, -0.15) is 36.4 Å². The van der Waals surface area contributed by atoms with E-state index in [4.69, 9.17) is 10.2 Å². The third-order valence-electron chi connectivity index (χ3n) is 4.51. The number of para-hydroxylation sites is 2. The number of hydrogen-bond acceptors (Lipinski definition) is 2. The molecule has 4 rings (SSSR count). The quantitative estimate of drug-likeness (QED) is 0.145. The van der Waals surface area contributed by atoms with Crippen LogP contribution in [0.25, 0.3) is 22.1 Å². The van der Waals surface area contributed by atoms with Crippen LogP contribution in [0.3, 0.4) is 0 Å². The summed E-state index contributed by atoms with van der Waals surface area (Å²) in [5.41, 5.74) is 4.23. The predicted molar refractivity (Wildman–Crippen MR) is 105 cm³/mol. The second-order valence-corrected chi connectivity index (χ2v) is 6.25. The number of hydrogen-bond donors (Lipinski definition) is 2. The Labute approximate surface area is 203 Å². The fraction of sp³-hybridized carbons (Fsp3) is 0.364. The Balaban J connectivity index is 0.000000281. The van der Waals surface area contributed by atoms with Crippen LogP contribution in [-0.4, -0.2) is 32.6 Å². The Morgan fingerprint density at radius 1 is 0.800 bits per heavy atom. The van der Waals surface area contributed by atoms with Crippen molar-refractivity contribution in [2.75, 3.05) is 13.2 Å². The van der Waals surface area contributed by atoms with Crippen LogP contribution in [0.2, 0.25) is 0 Å². The van der Waals surface area contributed by atoms with E-state index in [-0.39, 0.29) is 52.6 Å². The summed E-state index contributed by atoms with van der Waals surface area (Å²) in [5, 5.41) is 17.8. The molecule has 0 saturated carbocycles. The number of fused-ring (bicyclic) bond motifs is 2. The average Bonchev–Trinajstić information content (AvgIpc) is 3.28. The third-order valence-corrected chi connectivity index (χ3v) is 4.51. The van der Waals surface area contributed by atoms with Crippen LogP contribution in [0.4, 0.5) is 0 Å². The zero-order valence-corrected chi connectivity index (χ0v) is 20.8. The maximum absolute atomic E-state index is 8.90. The topological polar surface area (TPSA) is 58.1 Å². The Kier molecular flexibility index (Phi) is 11.5. The van der Waals surface area contributed by atoms with Gasteiger partial charge in [-0.25, -0.2) is 0 Å². The number of aryl methyl sites for hydroxylation is 2. The average molecular weight is 655 g/mol. The molecule has 8 heteroatoms. The molecule has 0 spiro atoms. The Hall–Kier alpha value is -1.48. The summed E-state index contributed by atoms with van der Waals surface area (Å²) in [6.45, 7) is 7.32. The van der Waals surface area contributed by atoms with Gasteiger partial charge in [-0.1, -0.05) is 0 Å². The largest absolute Gasteiger partial charge is 1.00 e. The predicted octanol–water partition coefficient (Wildman–Crippen LogP) is -1.92. The van der Waals surface area contributed by atoms with Crippen molar-refractivity contribution in [3.63, 3.8) is 0 Å². The first-order valence-electron chi connectivity index (χ1n) is 9.59. The zero-order valence-electron chi connectivity index (χ0n) is 17.1. The number of aliphatic hydroxyl groups excluding tert-OH is 2. The molecule has 0 amide bonds. The second kappa shape index (κ2) is 13.0. The maximum Gasteiger partial charge on any atom is 1.00 e. The molecular formula is C22H26AuBrN4O2-2. The first-order valence-corrected chi connectivity index (χ1v) is 9.59. The number of benzene rings is 2. The molecule has 0 fully saturated rings. The number of nitrogens with zero attached hydrogens (tertiary/aromatic N) is 4. The van der Waals surface area contributed by atoms with E-state index in [1.807, 2.05) is 54.7 Å². The van der Waals surface area contributed by atoms with Crippen LogP contribution in [0.1, 0.15) is 13.8 Å². The molecule has 0 aliphatic carbocycles. The SMILES string of the molecule is CCn1[c-][n+](CCO)c2ccc[c-]c21.CCn1[c-][n+](CCO)c2ccc[c-]c21.[Au+].[Br-]. The third kappa shape index (κ3) is 5.81. The van der Waals surface area contributed by atoms with Crippen LogP contribution in [0, 0.1) is 24.8 Å². The van der Waals surface area contributed by atoms with Crippen LogP contribution in [-0.2, 0) is 48.6 Å². The van der Waals surface area contributed by atoms with Gasteiger partial charge in [-0.05, 0) is 35.9 Å². The van der Waals surface area contributed by atoms with Gasteiger partial charge in [0.25, 0.3) is 0 Å². The molecule has 0 unspecified atom stereocenters. The minimum atomic E-state index is 0. The first-order chi connectivity index (χ1) is 13.7. The summed E-state index contributed by atoms with van der Waals surface area (Å²) in [6, 6.07) is 18.1. The van der Waals surface area contributed by atoms with Gasteiger partial charge in [0.1, 0.15) is 0 Å². The summed E-state index contributed by atoms with van der Waals surface area (Å²) in [4.78, 5) is 0. The van der Waals surface area contributed by atoms with Crippen molar-refractivity contribution >= 4 is 22.1 Å². The number of rotatable bonds is 6. The molecule has 0 bridgehead atoms. The molecule has 4 aromatic rings. The van der Waals surface area contributed by atoms with E-state index in [1.165, 1.54) is 0 Å². The molecule has 2 N–H and O–H groups in total. The van der Waals surface area contributed by atoms with Gasteiger partial charge < -0.3 is 45.5 Å². The van der Waals surface area contributed by atoms with Crippen LogP contribution < -0.4 is 26.1 Å². The van der Waals surface area contributed by atoms with Gasteiger partial charge in [0.2, 0.25) is 12.7 Å². The van der Waals surface area contributed by atoms with Crippen molar-refractivity contribution in [1.29, 1.82) is 0 Å². The molecule has 0 aliphatic rings. The van der Waals surface area contributed by atoms with Gasteiger partial charge in [-0.3, -0.25) is 0 Å². The van der Waals surface area contributed by atoms with Crippen molar-refractivity contribution in [2.24, 2.45) is 0 Å². The molecule has 6 nitrogen and oxygen atoms in total. The molecule has 2 aromatic heterocycles. The summed E-state index contributed by atoms with van der Waals surface area (Å²) < 4.78 is 7.86. The van der Waals surface area contributed by atoms with Gasteiger partial charge in [0.15, 0.2) is 0 Å². The number of aromatic nitrogens is 4. The molecule has 0 atom stereocenters. The number of aliphatic hydroxyl groups is 2. The van der Waals surface area contributed by atoms with E-state index in [1.54, 1.807) is 0 Å².